The minimum absolute atomic E-state index is 0.0991. The fourth-order valence-electron chi connectivity index (χ4n) is 6.99. The normalized spacial score (nSPS) is 24.7. The summed E-state index contributed by atoms with van der Waals surface area (Å²) >= 11 is 0. The van der Waals surface area contributed by atoms with Gasteiger partial charge in [-0.25, -0.2) is 4.79 Å². The Kier molecular flexibility index (Phi) is 8.95. The Bertz CT molecular complexity index is 1870. The molecule has 268 valence electrons. The van der Waals surface area contributed by atoms with E-state index in [0.29, 0.717) is 47.6 Å². The second kappa shape index (κ2) is 13.6. The number of benzene rings is 2. The molecule has 0 bridgehead atoms. The first-order valence-electron chi connectivity index (χ1n) is 17.9. The number of aliphatic carboxylic acids is 1. The third kappa shape index (κ3) is 7.59. The molecular weight excluding hydrogens is 652 g/mol. The molecule has 6 atom stereocenters. The molecule has 51 heavy (non-hydrogen) atoms. The highest BCUT2D eigenvalue weighted by Crippen LogP contribution is 2.49. The van der Waals surface area contributed by atoms with E-state index in [9.17, 15) is 9.59 Å². The quantitative estimate of drug-likeness (QED) is 0.0747. The topological polar surface area (TPSA) is 218 Å². The number of carbonyl (C=O) groups is 2. The predicted octanol–water partition coefficient (Wildman–Crippen LogP) is 2.63. The van der Waals surface area contributed by atoms with Gasteiger partial charge in [0.15, 0.2) is 11.6 Å². The number of rotatable bonds is 18. The van der Waals surface area contributed by atoms with Crippen LogP contribution in [0.25, 0.3) is 0 Å². The van der Waals surface area contributed by atoms with Gasteiger partial charge in [0.25, 0.3) is 0 Å². The first-order valence-corrected chi connectivity index (χ1v) is 17.9. The van der Waals surface area contributed by atoms with E-state index in [1.54, 1.807) is 6.07 Å². The molecule has 4 aromatic rings. The molecule has 2 aromatic heterocycles. The van der Waals surface area contributed by atoms with Crippen molar-refractivity contribution < 1.29 is 28.5 Å². The van der Waals surface area contributed by atoms with Gasteiger partial charge < -0.3 is 41.0 Å². The van der Waals surface area contributed by atoms with Gasteiger partial charge in [-0.05, 0) is 68.2 Å². The smallest absolute Gasteiger partial charge is 0.328 e. The molecule has 2 aromatic carbocycles. The van der Waals surface area contributed by atoms with Gasteiger partial charge in [-0.1, -0.05) is 52.8 Å². The zero-order valence-electron chi connectivity index (χ0n) is 28.4. The molecule has 0 spiro atoms. The minimum atomic E-state index is -1.05. The molecule has 4 aliphatic rings. The molecule has 14 heteroatoms. The highest BCUT2D eigenvalue weighted by atomic mass is 16.5. The molecular formula is C37H44N8O6. The summed E-state index contributed by atoms with van der Waals surface area (Å²) in [7, 11) is 0. The average molecular weight is 697 g/mol. The van der Waals surface area contributed by atoms with Crippen molar-refractivity contribution in [1.82, 2.24) is 30.9 Å². The monoisotopic (exact) mass is 696 g/mol. The van der Waals surface area contributed by atoms with Crippen LogP contribution in [0, 0.1) is 0 Å². The van der Waals surface area contributed by atoms with Crippen molar-refractivity contribution in [2.45, 2.75) is 105 Å². The van der Waals surface area contributed by atoms with Crippen molar-refractivity contribution in [3.05, 3.63) is 89.2 Å². The van der Waals surface area contributed by atoms with E-state index in [1.165, 1.54) is 5.56 Å². The van der Waals surface area contributed by atoms with Crippen LogP contribution >= 0.6 is 0 Å². The number of carboxylic acid groups (broad SMARTS) is 1. The number of aryl methyl sites for hydroxylation is 1. The van der Waals surface area contributed by atoms with Gasteiger partial charge in [-0.15, -0.1) is 0 Å². The number of aromatic nitrogens is 4. The van der Waals surface area contributed by atoms with Crippen LogP contribution in [-0.4, -0.2) is 74.6 Å². The van der Waals surface area contributed by atoms with Crippen molar-refractivity contribution >= 4 is 11.9 Å². The lowest BCUT2D eigenvalue weighted by molar-refractivity contribution is -0.138. The molecule has 14 nitrogen and oxygen atoms in total. The Labute approximate surface area is 295 Å². The van der Waals surface area contributed by atoms with Crippen molar-refractivity contribution in [3.8, 4) is 5.75 Å². The van der Waals surface area contributed by atoms with E-state index in [1.807, 2.05) is 24.3 Å². The Hall–Kier alpha value is -4.50. The maximum atomic E-state index is 13.0. The summed E-state index contributed by atoms with van der Waals surface area (Å²) in [6, 6.07) is 17.0. The van der Waals surface area contributed by atoms with E-state index in [0.717, 1.165) is 57.2 Å². The summed E-state index contributed by atoms with van der Waals surface area (Å²) < 4.78 is 16.6. The summed E-state index contributed by atoms with van der Waals surface area (Å²) in [5.74, 6) is 1.77. The highest BCUT2D eigenvalue weighted by molar-refractivity contribution is 5.78. The Morgan fingerprint density at radius 2 is 1.41 bits per heavy atom. The lowest BCUT2D eigenvalue weighted by Crippen LogP contribution is -2.36. The highest BCUT2D eigenvalue weighted by Gasteiger charge is 2.51. The van der Waals surface area contributed by atoms with Gasteiger partial charge in [0.05, 0.1) is 6.42 Å². The summed E-state index contributed by atoms with van der Waals surface area (Å²) in [6.45, 7) is 1.52. The fraction of sp³-hybridized carbons (Fsp3) is 0.514. The van der Waals surface area contributed by atoms with Gasteiger partial charge in [-0.2, -0.15) is 9.97 Å². The first kappa shape index (κ1) is 33.6. The third-order valence-electron chi connectivity index (χ3n) is 11.0. The number of hydrogen-bond acceptors (Lipinski definition) is 13. The minimum Gasteiger partial charge on any atom is -0.480 e. The largest absolute Gasteiger partial charge is 0.480 e. The number of carboxylic acids is 1. The summed E-state index contributed by atoms with van der Waals surface area (Å²) in [4.78, 5) is 33.1. The molecule has 4 aliphatic carbocycles. The summed E-state index contributed by atoms with van der Waals surface area (Å²) in [6.07, 6.45) is 6.66. The number of hydrogen-bond donors (Lipinski definition) is 5. The molecule has 8 rings (SSSR count). The molecule has 7 N–H and O–H groups in total. The van der Waals surface area contributed by atoms with Crippen molar-refractivity contribution in [3.63, 3.8) is 0 Å². The number of nitrogens with zero attached hydrogens (tertiary/aromatic N) is 4. The number of ether oxygens (including phenoxy) is 1. The number of nitrogens with two attached hydrogens (primary N) is 2. The number of esters is 1. The van der Waals surface area contributed by atoms with Gasteiger partial charge >= 0.3 is 11.9 Å². The molecule has 0 unspecified atom stereocenters. The number of carbonyl (C=O) groups excluding carboxylic acids is 1. The van der Waals surface area contributed by atoms with E-state index in [2.05, 4.69) is 55.2 Å². The average Bonchev–Trinajstić information content (AvgIpc) is 4.02. The Balaban J connectivity index is 0.785. The first-order chi connectivity index (χ1) is 24.7. The van der Waals surface area contributed by atoms with Gasteiger partial charge in [-0.3, -0.25) is 4.79 Å². The molecule has 2 heterocycles. The lowest BCUT2D eigenvalue weighted by atomic mass is 10.1. The molecule has 0 radical (unpaired) electrons. The second-order valence-corrected chi connectivity index (χ2v) is 14.9. The third-order valence-corrected chi connectivity index (χ3v) is 11.0. The second-order valence-electron chi connectivity index (χ2n) is 14.9. The van der Waals surface area contributed by atoms with Crippen LogP contribution < -0.4 is 26.8 Å². The molecule has 4 saturated carbocycles. The molecule has 4 fully saturated rings. The maximum Gasteiger partial charge on any atom is 0.328 e. The summed E-state index contributed by atoms with van der Waals surface area (Å²) in [5, 5.41) is 24.8. The predicted molar refractivity (Wildman–Crippen MR) is 183 cm³/mol. The SMILES string of the molecule is N[C@@H](CCc1nc(C2(CN[C@@H]3C[C@H]3c3cccc(OC(=O)[C@@H](N)Cc4nc(C5(CN[C@@H]6C[C@H]6c6ccccc6)CC5)no4)c3)CC2)no1)C(=O)O. The van der Waals surface area contributed by atoms with E-state index in [-0.39, 0.29) is 35.6 Å². The zero-order valence-corrected chi connectivity index (χ0v) is 28.4. The Morgan fingerprint density at radius 3 is 2.04 bits per heavy atom. The summed E-state index contributed by atoms with van der Waals surface area (Å²) in [5.41, 5.74) is 14.0. The molecule has 0 aliphatic heterocycles. The van der Waals surface area contributed by atoms with Crippen LogP contribution in [-0.2, 0) is 33.3 Å². The number of nitrogens with one attached hydrogen (secondary N) is 2. The van der Waals surface area contributed by atoms with Crippen LogP contribution in [0.5, 0.6) is 5.75 Å². The van der Waals surface area contributed by atoms with E-state index < -0.39 is 24.0 Å². The van der Waals surface area contributed by atoms with Crippen LogP contribution in [0.15, 0.2) is 63.6 Å². The Morgan fingerprint density at radius 1 is 0.824 bits per heavy atom. The van der Waals surface area contributed by atoms with Gasteiger partial charge in [0.2, 0.25) is 11.8 Å². The van der Waals surface area contributed by atoms with Crippen molar-refractivity contribution in [1.29, 1.82) is 0 Å². The van der Waals surface area contributed by atoms with Gasteiger partial charge in [0.1, 0.15) is 17.8 Å². The standard InChI is InChI=1S/C37H44N8O6/c38-26(32(46)47)9-10-30-42-34(44-50-30)36(11-12-36)19-41-29-17-25(29)22-7-4-8-23(15-22)49-33(48)27(39)18-31-43-35(45-51-31)37(13-14-37)20-40-28-16-24(28)21-5-2-1-3-6-21/h1-8,15,24-29,40-41H,9-14,16-20,38-39H2,(H,46,47)/t24-,25-,26-,27-,28+,29+/m0/s1. The van der Waals surface area contributed by atoms with E-state index in [4.69, 9.17) is 30.4 Å². The maximum absolute atomic E-state index is 13.0. The van der Waals surface area contributed by atoms with Crippen LogP contribution in [0.2, 0.25) is 0 Å². The fourth-order valence-corrected chi connectivity index (χ4v) is 6.99. The van der Waals surface area contributed by atoms with Crippen LogP contribution in [0.1, 0.15) is 91.3 Å². The van der Waals surface area contributed by atoms with Crippen LogP contribution in [0.3, 0.4) is 0 Å². The van der Waals surface area contributed by atoms with E-state index >= 15 is 0 Å². The molecule has 0 amide bonds. The molecule has 0 saturated heterocycles. The lowest BCUT2D eigenvalue weighted by Gasteiger charge is -2.13. The van der Waals surface area contributed by atoms with Gasteiger partial charge in [0, 0.05) is 54.3 Å². The van der Waals surface area contributed by atoms with Crippen molar-refractivity contribution in [2.75, 3.05) is 13.1 Å². The van der Waals surface area contributed by atoms with Crippen LogP contribution in [0.4, 0.5) is 0 Å². The van der Waals surface area contributed by atoms with Crippen molar-refractivity contribution in [2.24, 2.45) is 11.5 Å². The zero-order chi connectivity index (χ0) is 35.2.